The Kier molecular flexibility index (Phi) is 4.31. The van der Waals surface area contributed by atoms with Crippen LogP contribution in [0.4, 0.5) is 0 Å². The average Bonchev–Trinajstić information content (AvgIpc) is 2.30. The summed E-state index contributed by atoms with van der Waals surface area (Å²) in [7, 11) is 0. The van der Waals surface area contributed by atoms with E-state index in [4.69, 9.17) is 9.47 Å². The molecule has 0 atom stereocenters. The Hall–Kier alpha value is -2.05. The van der Waals surface area contributed by atoms with Gasteiger partial charge in [-0.25, -0.2) is 14.6 Å². The van der Waals surface area contributed by atoms with Crippen molar-refractivity contribution >= 4 is 11.9 Å². The zero-order valence-electron chi connectivity index (χ0n) is 8.97. The molecule has 0 saturated heterocycles. The van der Waals surface area contributed by atoms with Gasteiger partial charge in [-0.05, 0) is 13.8 Å². The molecule has 86 valence electrons. The lowest BCUT2D eigenvalue weighted by Gasteiger charge is -2.04. The predicted molar refractivity (Wildman–Crippen MR) is 51.7 cm³/mol. The molecule has 0 aliphatic heterocycles. The second-order valence-electron chi connectivity index (χ2n) is 2.60. The molecule has 0 aliphatic carbocycles. The molecule has 0 bridgehead atoms. The molecule has 0 fully saturated rings. The fourth-order valence-corrected chi connectivity index (χ4v) is 0.961. The Morgan fingerprint density at radius 2 is 1.69 bits per heavy atom. The van der Waals surface area contributed by atoms with Gasteiger partial charge in [0.05, 0.1) is 13.2 Å². The van der Waals surface area contributed by atoms with Crippen molar-refractivity contribution in [1.82, 2.24) is 15.2 Å². The van der Waals surface area contributed by atoms with E-state index in [-0.39, 0.29) is 24.6 Å². The molecule has 0 unspecified atom stereocenters. The Morgan fingerprint density at radius 1 is 1.12 bits per heavy atom. The highest BCUT2D eigenvalue weighted by molar-refractivity contribution is 5.99. The normalized spacial score (nSPS) is 9.62. The number of hydrogen-bond donors (Lipinski definition) is 0. The van der Waals surface area contributed by atoms with Crippen molar-refractivity contribution < 1.29 is 19.1 Å². The van der Waals surface area contributed by atoms with Gasteiger partial charge in [-0.1, -0.05) is 0 Å². The number of nitrogens with zero attached hydrogens (tertiary/aromatic N) is 3. The van der Waals surface area contributed by atoms with Crippen molar-refractivity contribution in [3.05, 3.63) is 17.7 Å². The van der Waals surface area contributed by atoms with E-state index in [1.165, 1.54) is 0 Å². The molecule has 7 heteroatoms. The Bertz CT molecular complexity index is 357. The van der Waals surface area contributed by atoms with E-state index < -0.39 is 11.9 Å². The minimum atomic E-state index is -0.744. The Morgan fingerprint density at radius 3 is 2.25 bits per heavy atom. The lowest BCUT2D eigenvalue weighted by Crippen LogP contribution is -2.18. The summed E-state index contributed by atoms with van der Waals surface area (Å²) in [6.45, 7) is 3.66. The summed E-state index contributed by atoms with van der Waals surface area (Å²) in [6.07, 6.45) is 1.06. The Balaban J connectivity index is 3.00. The van der Waals surface area contributed by atoms with Crippen LogP contribution in [0.2, 0.25) is 0 Å². The van der Waals surface area contributed by atoms with Crippen LogP contribution >= 0.6 is 0 Å². The highest BCUT2D eigenvalue weighted by atomic mass is 16.5. The summed E-state index contributed by atoms with van der Waals surface area (Å²) < 4.78 is 9.43. The number of esters is 2. The van der Waals surface area contributed by atoms with Gasteiger partial charge in [-0.2, -0.15) is 0 Å². The first-order chi connectivity index (χ1) is 7.70. The number of rotatable bonds is 4. The first-order valence-corrected chi connectivity index (χ1v) is 4.72. The number of aromatic nitrogens is 3. The van der Waals surface area contributed by atoms with Crippen LogP contribution in [0.5, 0.6) is 0 Å². The maximum atomic E-state index is 11.4. The number of carbonyl (C=O) groups is 2. The average molecular weight is 225 g/mol. The van der Waals surface area contributed by atoms with Gasteiger partial charge in [-0.15, -0.1) is 10.2 Å². The minimum Gasteiger partial charge on any atom is -0.461 e. The molecule has 1 rings (SSSR count). The molecular weight excluding hydrogens is 214 g/mol. The Labute approximate surface area is 91.8 Å². The third-order valence-corrected chi connectivity index (χ3v) is 1.56. The largest absolute Gasteiger partial charge is 0.461 e. The SMILES string of the molecule is CCOC(=O)c1ncnnc1C(=O)OCC. The highest BCUT2D eigenvalue weighted by Gasteiger charge is 2.22. The molecule has 0 spiro atoms. The van der Waals surface area contributed by atoms with Crippen molar-refractivity contribution in [2.24, 2.45) is 0 Å². The van der Waals surface area contributed by atoms with Crippen LogP contribution in [0, 0.1) is 0 Å². The van der Waals surface area contributed by atoms with Crippen LogP contribution in [-0.4, -0.2) is 40.3 Å². The number of carbonyl (C=O) groups excluding carboxylic acids is 2. The van der Waals surface area contributed by atoms with Crippen molar-refractivity contribution in [3.8, 4) is 0 Å². The molecule has 0 saturated carbocycles. The minimum absolute atomic E-state index is 0.178. The fourth-order valence-electron chi connectivity index (χ4n) is 0.961. The molecule has 7 nitrogen and oxygen atoms in total. The summed E-state index contributed by atoms with van der Waals surface area (Å²) in [5, 5.41) is 6.93. The molecule has 16 heavy (non-hydrogen) atoms. The molecule has 0 radical (unpaired) electrons. The zero-order chi connectivity index (χ0) is 12.0. The van der Waals surface area contributed by atoms with Gasteiger partial charge in [-0.3, -0.25) is 0 Å². The van der Waals surface area contributed by atoms with Gasteiger partial charge in [0.15, 0.2) is 5.69 Å². The summed E-state index contributed by atoms with van der Waals surface area (Å²) in [6, 6.07) is 0. The fraction of sp³-hybridized carbons (Fsp3) is 0.444. The summed E-state index contributed by atoms with van der Waals surface area (Å²) in [5.74, 6) is -1.47. The van der Waals surface area contributed by atoms with Crippen LogP contribution < -0.4 is 0 Å². The lowest BCUT2D eigenvalue weighted by molar-refractivity contribution is 0.0466. The van der Waals surface area contributed by atoms with Gasteiger partial charge in [0.25, 0.3) is 0 Å². The number of ether oxygens (including phenoxy) is 2. The zero-order valence-corrected chi connectivity index (χ0v) is 8.97. The van der Waals surface area contributed by atoms with Gasteiger partial charge in [0, 0.05) is 0 Å². The molecule has 1 aromatic heterocycles. The van der Waals surface area contributed by atoms with E-state index in [2.05, 4.69) is 15.2 Å². The maximum absolute atomic E-state index is 11.4. The summed E-state index contributed by atoms with van der Waals surface area (Å²) in [4.78, 5) is 26.5. The second-order valence-corrected chi connectivity index (χ2v) is 2.60. The van der Waals surface area contributed by atoms with Crippen molar-refractivity contribution in [3.63, 3.8) is 0 Å². The highest BCUT2D eigenvalue weighted by Crippen LogP contribution is 2.04. The van der Waals surface area contributed by atoms with E-state index in [0.29, 0.717) is 0 Å². The van der Waals surface area contributed by atoms with Crippen LogP contribution in [-0.2, 0) is 9.47 Å². The third kappa shape index (κ3) is 2.72. The molecule has 0 N–H and O–H groups in total. The quantitative estimate of drug-likeness (QED) is 0.677. The van der Waals surface area contributed by atoms with E-state index in [1.54, 1.807) is 13.8 Å². The summed E-state index contributed by atoms with van der Waals surface area (Å²) >= 11 is 0. The summed E-state index contributed by atoms with van der Waals surface area (Å²) in [5.41, 5.74) is -0.418. The molecule has 0 aliphatic rings. The topological polar surface area (TPSA) is 91.3 Å². The first kappa shape index (κ1) is 12.0. The van der Waals surface area contributed by atoms with Gasteiger partial charge in [0.1, 0.15) is 6.33 Å². The molecule has 0 aromatic carbocycles. The second kappa shape index (κ2) is 5.74. The lowest BCUT2D eigenvalue weighted by atomic mass is 10.3. The van der Waals surface area contributed by atoms with Gasteiger partial charge in [0.2, 0.25) is 5.69 Å². The molecule has 0 amide bonds. The standard InChI is InChI=1S/C9H11N3O4/c1-3-15-8(13)6-7(9(14)16-4-2)12-11-5-10-6/h5H,3-4H2,1-2H3. The van der Waals surface area contributed by atoms with Crippen LogP contribution in [0.25, 0.3) is 0 Å². The predicted octanol–water partition coefficient (Wildman–Crippen LogP) is 0.225. The molecule has 1 heterocycles. The van der Waals surface area contributed by atoms with Crippen molar-refractivity contribution in [2.45, 2.75) is 13.8 Å². The first-order valence-electron chi connectivity index (χ1n) is 4.72. The maximum Gasteiger partial charge on any atom is 0.361 e. The van der Waals surface area contributed by atoms with E-state index in [0.717, 1.165) is 6.33 Å². The van der Waals surface area contributed by atoms with Crippen LogP contribution in [0.3, 0.4) is 0 Å². The van der Waals surface area contributed by atoms with Gasteiger partial charge >= 0.3 is 11.9 Å². The van der Waals surface area contributed by atoms with E-state index in [1.807, 2.05) is 0 Å². The third-order valence-electron chi connectivity index (χ3n) is 1.56. The van der Waals surface area contributed by atoms with Crippen molar-refractivity contribution in [1.29, 1.82) is 0 Å². The van der Waals surface area contributed by atoms with Crippen molar-refractivity contribution in [2.75, 3.05) is 13.2 Å². The molecular formula is C9H11N3O4. The monoisotopic (exact) mass is 225 g/mol. The van der Waals surface area contributed by atoms with Gasteiger partial charge < -0.3 is 9.47 Å². The molecule has 1 aromatic rings. The van der Waals surface area contributed by atoms with E-state index >= 15 is 0 Å². The smallest absolute Gasteiger partial charge is 0.361 e. The van der Waals surface area contributed by atoms with Crippen LogP contribution in [0.15, 0.2) is 6.33 Å². The number of hydrogen-bond acceptors (Lipinski definition) is 7. The van der Waals surface area contributed by atoms with Crippen LogP contribution in [0.1, 0.15) is 34.8 Å². The van der Waals surface area contributed by atoms with E-state index in [9.17, 15) is 9.59 Å².